The van der Waals surface area contributed by atoms with Crippen molar-refractivity contribution in [1.82, 2.24) is 4.90 Å². The van der Waals surface area contributed by atoms with Gasteiger partial charge in [-0.2, -0.15) is 0 Å². The molecule has 1 saturated carbocycles. The number of hydrogen-bond acceptors (Lipinski definition) is 3. The molecule has 1 aliphatic carbocycles. The fraction of sp³-hybridized carbons (Fsp3) is 0.818. The molecule has 5 heteroatoms. The summed E-state index contributed by atoms with van der Waals surface area (Å²) in [5.74, 6) is -2.18. The highest BCUT2D eigenvalue weighted by Crippen LogP contribution is 2.58. The van der Waals surface area contributed by atoms with Crippen LogP contribution in [0.25, 0.3) is 0 Å². The zero-order chi connectivity index (χ0) is 12.7. The van der Waals surface area contributed by atoms with Gasteiger partial charge in [-0.05, 0) is 12.3 Å². The van der Waals surface area contributed by atoms with Crippen LogP contribution in [-0.2, 0) is 9.59 Å². The molecule has 0 aliphatic heterocycles. The van der Waals surface area contributed by atoms with Gasteiger partial charge in [-0.25, -0.2) is 0 Å². The first-order valence-electron chi connectivity index (χ1n) is 5.35. The Morgan fingerprint density at radius 3 is 2.19 bits per heavy atom. The number of nitrogens with zero attached hydrogens (tertiary/aromatic N) is 1. The van der Waals surface area contributed by atoms with E-state index in [1.54, 1.807) is 27.8 Å². The largest absolute Gasteiger partial charge is 0.481 e. The second kappa shape index (κ2) is 4.05. The first-order valence-corrected chi connectivity index (χ1v) is 5.35. The minimum absolute atomic E-state index is 0.196. The second-order valence-electron chi connectivity index (χ2n) is 5.18. The minimum atomic E-state index is -0.922. The summed E-state index contributed by atoms with van der Waals surface area (Å²) in [6, 6.07) is 0. The van der Waals surface area contributed by atoms with Crippen LogP contribution in [0.4, 0.5) is 0 Å². The summed E-state index contributed by atoms with van der Waals surface area (Å²) in [6.07, 6.45) is -0.598. The maximum Gasteiger partial charge on any atom is 0.307 e. The summed E-state index contributed by atoms with van der Waals surface area (Å²) in [7, 11) is 1.59. The van der Waals surface area contributed by atoms with E-state index in [1.807, 2.05) is 0 Å². The molecule has 0 aromatic rings. The lowest BCUT2D eigenvalue weighted by molar-refractivity contribution is -0.142. The predicted molar refractivity (Wildman–Crippen MR) is 57.7 cm³/mol. The number of rotatable bonds is 4. The predicted octanol–water partition coefficient (Wildman–Crippen LogP) is 0.182. The van der Waals surface area contributed by atoms with E-state index in [2.05, 4.69) is 0 Å². The summed E-state index contributed by atoms with van der Waals surface area (Å²) >= 11 is 0. The smallest absolute Gasteiger partial charge is 0.307 e. The van der Waals surface area contributed by atoms with Gasteiger partial charge in [-0.15, -0.1) is 0 Å². The van der Waals surface area contributed by atoms with Crippen molar-refractivity contribution >= 4 is 11.9 Å². The fourth-order valence-corrected chi connectivity index (χ4v) is 2.28. The summed E-state index contributed by atoms with van der Waals surface area (Å²) in [4.78, 5) is 24.2. The van der Waals surface area contributed by atoms with Crippen LogP contribution in [0.1, 0.15) is 20.8 Å². The van der Waals surface area contributed by atoms with Crippen molar-refractivity contribution in [2.75, 3.05) is 13.6 Å². The molecule has 0 aromatic carbocycles. The molecule has 1 amide bonds. The molecular formula is C11H19NO4. The van der Waals surface area contributed by atoms with E-state index in [1.165, 1.54) is 4.90 Å². The van der Waals surface area contributed by atoms with Crippen LogP contribution >= 0.6 is 0 Å². The molecule has 1 fully saturated rings. The molecule has 1 aliphatic rings. The third kappa shape index (κ3) is 2.19. The van der Waals surface area contributed by atoms with Crippen LogP contribution in [0, 0.1) is 17.3 Å². The molecule has 5 nitrogen and oxygen atoms in total. The average Bonchev–Trinajstić information content (AvgIpc) is 2.66. The molecule has 3 atom stereocenters. The molecule has 1 unspecified atom stereocenters. The van der Waals surface area contributed by atoms with E-state index in [0.29, 0.717) is 0 Å². The number of amides is 1. The summed E-state index contributed by atoms with van der Waals surface area (Å²) in [6.45, 7) is 5.39. The Kier molecular flexibility index (Phi) is 3.28. The molecular weight excluding hydrogens is 210 g/mol. The molecule has 16 heavy (non-hydrogen) atoms. The lowest BCUT2D eigenvalue weighted by Gasteiger charge is -2.19. The van der Waals surface area contributed by atoms with Gasteiger partial charge in [-0.1, -0.05) is 13.8 Å². The number of carbonyl (C=O) groups is 2. The summed E-state index contributed by atoms with van der Waals surface area (Å²) < 4.78 is 0. The van der Waals surface area contributed by atoms with Gasteiger partial charge >= 0.3 is 5.97 Å². The van der Waals surface area contributed by atoms with Gasteiger partial charge < -0.3 is 15.1 Å². The Morgan fingerprint density at radius 2 is 1.88 bits per heavy atom. The van der Waals surface area contributed by atoms with Gasteiger partial charge in [0.25, 0.3) is 0 Å². The number of carboxylic acids is 1. The molecule has 0 spiro atoms. The topological polar surface area (TPSA) is 77.8 Å². The fourth-order valence-electron chi connectivity index (χ4n) is 2.28. The normalized spacial score (nSPS) is 28.3. The van der Waals surface area contributed by atoms with Crippen LogP contribution in [0.15, 0.2) is 0 Å². The average molecular weight is 229 g/mol. The Labute approximate surface area is 95.1 Å². The highest BCUT2D eigenvalue weighted by atomic mass is 16.4. The van der Waals surface area contributed by atoms with E-state index in [4.69, 9.17) is 10.2 Å². The lowest BCUT2D eigenvalue weighted by atomic mass is 10.1. The van der Waals surface area contributed by atoms with Gasteiger partial charge in [0.2, 0.25) is 5.91 Å². The Bertz CT molecular complexity index is 311. The van der Waals surface area contributed by atoms with E-state index in [9.17, 15) is 9.59 Å². The van der Waals surface area contributed by atoms with Crippen molar-refractivity contribution in [3.05, 3.63) is 0 Å². The van der Waals surface area contributed by atoms with Crippen LogP contribution in [0.3, 0.4) is 0 Å². The van der Waals surface area contributed by atoms with Crippen LogP contribution in [0.2, 0.25) is 0 Å². The van der Waals surface area contributed by atoms with Crippen molar-refractivity contribution in [3.8, 4) is 0 Å². The van der Waals surface area contributed by atoms with Crippen molar-refractivity contribution in [2.24, 2.45) is 17.3 Å². The minimum Gasteiger partial charge on any atom is -0.481 e. The highest BCUT2D eigenvalue weighted by Gasteiger charge is 2.66. The maximum atomic E-state index is 11.9. The van der Waals surface area contributed by atoms with E-state index < -0.39 is 29.3 Å². The van der Waals surface area contributed by atoms with E-state index in [0.717, 1.165) is 0 Å². The Morgan fingerprint density at radius 1 is 1.38 bits per heavy atom. The molecule has 0 saturated heterocycles. The van der Waals surface area contributed by atoms with Crippen molar-refractivity contribution < 1.29 is 19.8 Å². The quantitative estimate of drug-likeness (QED) is 0.721. The molecule has 2 N–H and O–H groups in total. The second-order valence-corrected chi connectivity index (χ2v) is 5.18. The third-order valence-electron chi connectivity index (χ3n) is 3.27. The SMILES string of the molecule is CC(O)CN(C)C(=O)[C@H]1[C@@H](C(=O)O)C1(C)C. The number of hydrogen-bond donors (Lipinski definition) is 2. The van der Waals surface area contributed by atoms with Crippen molar-refractivity contribution in [3.63, 3.8) is 0 Å². The number of aliphatic carboxylic acids is 1. The first kappa shape index (κ1) is 13.0. The van der Waals surface area contributed by atoms with Crippen LogP contribution in [-0.4, -0.2) is 46.7 Å². The maximum absolute atomic E-state index is 11.9. The lowest BCUT2D eigenvalue weighted by Crippen LogP contribution is -2.35. The van der Waals surface area contributed by atoms with Crippen molar-refractivity contribution in [2.45, 2.75) is 26.9 Å². The number of aliphatic hydroxyl groups excluding tert-OH is 1. The van der Waals surface area contributed by atoms with E-state index in [-0.39, 0.29) is 12.5 Å². The van der Waals surface area contributed by atoms with Crippen molar-refractivity contribution in [1.29, 1.82) is 0 Å². The molecule has 0 radical (unpaired) electrons. The van der Waals surface area contributed by atoms with Gasteiger partial charge in [0.05, 0.1) is 17.9 Å². The third-order valence-corrected chi connectivity index (χ3v) is 3.27. The molecule has 0 heterocycles. The van der Waals surface area contributed by atoms with Gasteiger partial charge in [0, 0.05) is 13.6 Å². The Hall–Kier alpha value is -1.10. The van der Waals surface area contributed by atoms with Crippen LogP contribution in [0.5, 0.6) is 0 Å². The summed E-state index contributed by atoms with van der Waals surface area (Å²) in [5.41, 5.74) is -0.476. The summed E-state index contributed by atoms with van der Waals surface area (Å²) in [5, 5.41) is 18.1. The standard InChI is InChI=1S/C11H19NO4/c1-6(13)5-12(4)9(14)7-8(10(15)16)11(7,2)3/h6-8,13H,5H2,1-4H3,(H,15,16)/t6?,7-,8+/m1/s1. The zero-order valence-corrected chi connectivity index (χ0v) is 10.1. The zero-order valence-electron chi connectivity index (χ0n) is 10.1. The number of carbonyl (C=O) groups excluding carboxylic acids is 1. The first-order chi connectivity index (χ1) is 7.19. The Balaban J connectivity index is 2.67. The number of likely N-dealkylation sites (N-methyl/N-ethyl adjacent to an activating group) is 1. The van der Waals surface area contributed by atoms with Gasteiger partial charge in [-0.3, -0.25) is 9.59 Å². The van der Waals surface area contributed by atoms with Gasteiger partial charge in [0.15, 0.2) is 0 Å². The molecule has 1 rings (SSSR count). The highest BCUT2D eigenvalue weighted by molar-refractivity contribution is 5.91. The molecule has 0 bridgehead atoms. The van der Waals surface area contributed by atoms with Gasteiger partial charge in [0.1, 0.15) is 0 Å². The van der Waals surface area contributed by atoms with Crippen LogP contribution < -0.4 is 0 Å². The van der Waals surface area contributed by atoms with E-state index >= 15 is 0 Å². The molecule has 0 aromatic heterocycles. The number of aliphatic hydroxyl groups is 1. The monoisotopic (exact) mass is 229 g/mol. The number of carboxylic acid groups (broad SMARTS) is 1. The molecule has 92 valence electrons.